The third kappa shape index (κ3) is 11.5. The summed E-state index contributed by atoms with van der Waals surface area (Å²) in [5, 5.41) is 0. The summed E-state index contributed by atoms with van der Waals surface area (Å²) in [7, 11) is -26.9. The van der Waals surface area contributed by atoms with Crippen LogP contribution in [0.25, 0.3) is 8.25 Å². The van der Waals surface area contributed by atoms with Crippen molar-refractivity contribution < 1.29 is 95.7 Å². The van der Waals surface area contributed by atoms with Gasteiger partial charge in [0.25, 0.3) is 0 Å². The molecule has 0 amide bonds. The van der Waals surface area contributed by atoms with Crippen molar-refractivity contribution in [3.8, 4) is 0 Å². The second-order valence-electron chi connectivity index (χ2n) is 6.34. The number of hydrogen-bond acceptors (Lipinski definition) is 8. The second kappa shape index (κ2) is 13.2. The fourth-order valence-corrected chi connectivity index (χ4v) is 4.93. The molecule has 242 valence electrons. The molecule has 12 nitrogen and oxygen atoms in total. The maximum absolute atomic E-state index is 11.4. The molecule has 2 rings (SSSR count). The smallest absolute Gasteiger partial charge is 0.421 e. The quantitative estimate of drug-likeness (QED) is 0.335. The highest BCUT2D eigenvalue weighted by Gasteiger charge is 2.48. The third-order valence-corrected chi connectivity index (χ3v) is 8.71. The molecular formula is C14H10F12N4O8S4. The molecule has 0 saturated carbocycles. The van der Waals surface area contributed by atoms with Crippen molar-refractivity contribution in [2.24, 2.45) is 0 Å². The first-order valence-electron chi connectivity index (χ1n) is 9.05. The average molecular weight is 718 g/mol. The van der Waals surface area contributed by atoms with E-state index in [9.17, 15) is 86.4 Å². The molecule has 0 aliphatic carbocycles. The number of alkyl halides is 12. The molecule has 0 fully saturated rings. The van der Waals surface area contributed by atoms with Crippen LogP contribution in [0.1, 0.15) is 0 Å². The summed E-state index contributed by atoms with van der Waals surface area (Å²) >= 11 is 0. The van der Waals surface area contributed by atoms with Crippen LogP contribution in [0.4, 0.5) is 52.7 Å². The van der Waals surface area contributed by atoms with E-state index in [0.29, 0.717) is 0 Å². The highest BCUT2D eigenvalue weighted by atomic mass is 32.3. The van der Waals surface area contributed by atoms with E-state index in [1.54, 1.807) is 0 Å². The minimum Gasteiger partial charge on any atom is -0.421 e. The lowest BCUT2D eigenvalue weighted by Gasteiger charge is -2.22. The van der Waals surface area contributed by atoms with Gasteiger partial charge in [0.05, 0.1) is 9.35 Å². The van der Waals surface area contributed by atoms with E-state index >= 15 is 0 Å². The number of nitrogens with zero attached hydrogens (tertiary/aromatic N) is 4. The second-order valence-corrected chi connectivity index (χ2v) is 13.2. The summed E-state index contributed by atoms with van der Waals surface area (Å²) < 4.78 is 222. The first-order valence-corrected chi connectivity index (χ1v) is 14.8. The molecule has 0 bridgehead atoms. The van der Waals surface area contributed by atoms with Gasteiger partial charge in [-0.15, -0.1) is 0 Å². The van der Waals surface area contributed by atoms with Crippen molar-refractivity contribution >= 4 is 40.1 Å². The first kappa shape index (κ1) is 39.2. The summed E-state index contributed by atoms with van der Waals surface area (Å²) in [4.78, 5) is 0. The SMILES string of the molecule is O=S(=O)([N-]S(=O)(=O)C(F)(F)F)C(F)(F)F.O=S(=O)([N-]S(=O)(=O)C(F)(F)F)C(F)(F)F.c1cc[n+](-[n+]2ccccc2)cc1. The van der Waals surface area contributed by atoms with Crippen LogP contribution in [-0.2, 0) is 40.1 Å². The molecule has 2 aromatic heterocycles. The van der Waals surface area contributed by atoms with Gasteiger partial charge in [-0.1, -0.05) is 0 Å². The zero-order valence-corrected chi connectivity index (χ0v) is 22.3. The van der Waals surface area contributed by atoms with Crippen molar-refractivity contribution in [1.29, 1.82) is 0 Å². The number of hydrogen-bond donors (Lipinski definition) is 0. The largest absolute Gasteiger partial charge is 0.480 e. The molecule has 0 aliphatic rings. The van der Waals surface area contributed by atoms with Crippen LogP contribution < -0.4 is 9.35 Å². The minimum absolute atomic E-state index is 0.778. The molecule has 0 aromatic carbocycles. The van der Waals surface area contributed by atoms with E-state index in [2.05, 4.69) is 0 Å². The summed E-state index contributed by atoms with van der Waals surface area (Å²) in [5.74, 6) is 0. The fraction of sp³-hybridized carbons (Fsp3) is 0.286. The lowest BCUT2D eigenvalue weighted by atomic mass is 10.5. The molecule has 0 N–H and O–H groups in total. The van der Waals surface area contributed by atoms with Gasteiger partial charge in [0.1, 0.15) is 0 Å². The van der Waals surface area contributed by atoms with Crippen molar-refractivity contribution in [3.63, 3.8) is 0 Å². The van der Waals surface area contributed by atoms with Gasteiger partial charge < -0.3 is 8.25 Å². The molecule has 0 spiro atoms. The zero-order chi connectivity index (χ0) is 33.6. The van der Waals surface area contributed by atoms with Crippen LogP contribution in [0.5, 0.6) is 0 Å². The molecular weight excluding hydrogens is 708 g/mol. The number of halogens is 12. The predicted octanol–water partition coefficient (Wildman–Crippen LogP) is 2.69. The Balaban J connectivity index is 0.000000603. The normalized spacial score (nSPS) is 13.7. The standard InChI is InChI=1S/C10H10N2.2C2F6NO4S2/c1-3-7-11(8-4-1)12-9-5-2-6-10-12;2*3-1(4,5)14(10,11)9-15(12,13)2(6,7)8/h1-10H;;/q+2;2*-1. The van der Waals surface area contributed by atoms with Crippen LogP contribution in [-0.4, -0.2) is 55.7 Å². The maximum Gasteiger partial charge on any atom is 0.480 e. The Morgan fingerprint density at radius 3 is 0.667 bits per heavy atom. The van der Waals surface area contributed by atoms with Crippen molar-refractivity contribution in [2.75, 3.05) is 0 Å². The first-order chi connectivity index (χ1) is 18.4. The van der Waals surface area contributed by atoms with Crippen molar-refractivity contribution in [2.45, 2.75) is 22.0 Å². The predicted molar refractivity (Wildman–Crippen MR) is 111 cm³/mol. The fourth-order valence-electron chi connectivity index (χ4n) is 1.51. The number of rotatable bonds is 5. The number of aromatic nitrogens is 2. The zero-order valence-electron chi connectivity index (χ0n) is 19.0. The minimum atomic E-state index is -6.72. The average Bonchev–Trinajstić information content (AvgIpc) is 2.77. The van der Waals surface area contributed by atoms with Crippen molar-refractivity contribution in [1.82, 2.24) is 0 Å². The molecule has 0 radical (unpaired) electrons. The van der Waals surface area contributed by atoms with E-state index < -0.39 is 62.1 Å². The maximum atomic E-state index is 11.4. The lowest BCUT2D eigenvalue weighted by molar-refractivity contribution is -1.30. The Hall–Kier alpha value is -2.82. The van der Waals surface area contributed by atoms with E-state index in [0.717, 1.165) is 8.25 Å². The van der Waals surface area contributed by atoms with Crippen LogP contribution in [0.3, 0.4) is 0 Å². The monoisotopic (exact) mass is 718 g/mol. The molecule has 0 atom stereocenters. The molecule has 2 aromatic rings. The van der Waals surface area contributed by atoms with Gasteiger partial charge in [-0.2, -0.15) is 52.7 Å². The van der Waals surface area contributed by atoms with Gasteiger partial charge in [-0.3, -0.25) is 0 Å². The molecule has 0 saturated heterocycles. The van der Waals surface area contributed by atoms with Gasteiger partial charge in [0, 0.05) is 24.3 Å². The summed E-state index contributed by atoms with van der Waals surface area (Å²) in [6.07, 6.45) is 8.00. The molecule has 42 heavy (non-hydrogen) atoms. The van der Waals surface area contributed by atoms with E-state index in [-0.39, 0.29) is 0 Å². The molecule has 28 heteroatoms. The number of sulfonamides is 4. The Morgan fingerprint density at radius 2 is 0.524 bits per heavy atom. The molecule has 0 unspecified atom stereocenters. The molecule has 0 aliphatic heterocycles. The Kier molecular flexibility index (Phi) is 12.3. The van der Waals surface area contributed by atoms with Crippen LogP contribution in [0.2, 0.25) is 0 Å². The van der Waals surface area contributed by atoms with Crippen LogP contribution >= 0.6 is 0 Å². The van der Waals surface area contributed by atoms with Crippen molar-refractivity contribution in [3.05, 3.63) is 69.4 Å². The van der Waals surface area contributed by atoms with Gasteiger partial charge in [-0.05, 0) is 12.1 Å². The Morgan fingerprint density at radius 1 is 0.357 bits per heavy atom. The van der Waals surface area contributed by atoms with Gasteiger partial charge in [0.2, 0.25) is 24.8 Å². The van der Waals surface area contributed by atoms with E-state index in [1.807, 2.05) is 70.5 Å². The van der Waals surface area contributed by atoms with Gasteiger partial charge >= 0.3 is 22.0 Å². The number of pyridine rings is 2. The highest BCUT2D eigenvalue weighted by molar-refractivity contribution is 8.13. The van der Waals surface area contributed by atoms with E-state index in [4.69, 9.17) is 0 Å². The Bertz CT molecular complexity index is 1400. The van der Waals surface area contributed by atoms with Gasteiger partial charge in [0.15, 0.2) is 40.1 Å². The van der Waals surface area contributed by atoms with E-state index in [1.165, 1.54) is 0 Å². The lowest BCUT2D eigenvalue weighted by Crippen LogP contribution is -2.65. The van der Waals surface area contributed by atoms with Gasteiger partial charge in [-0.25, -0.2) is 33.7 Å². The summed E-state index contributed by atoms with van der Waals surface area (Å²) in [6.45, 7) is 0. The van der Waals surface area contributed by atoms with Crippen LogP contribution in [0.15, 0.2) is 61.2 Å². The topological polar surface area (TPSA) is 173 Å². The molecule has 2 heterocycles. The van der Waals surface area contributed by atoms with Crippen LogP contribution in [0, 0.1) is 0 Å². The highest BCUT2D eigenvalue weighted by Crippen LogP contribution is 2.37. The third-order valence-electron chi connectivity index (χ3n) is 3.23. The summed E-state index contributed by atoms with van der Waals surface area (Å²) in [6, 6.07) is 12.0. The summed E-state index contributed by atoms with van der Waals surface area (Å²) in [5.41, 5.74) is -24.8. The Labute approximate surface area is 227 Å².